The topological polar surface area (TPSA) is 76.4 Å². The Hall–Kier alpha value is -1.82. The van der Waals surface area contributed by atoms with Crippen LogP contribution in [0.5, 0.6) is 5.75 Å². The van der Waals surface area contributed by atoms with Crippen molar-refractivity contribution < 1.29 is 9.66 Å². The number of rotatable bonds is 5. The monoisotopic (exact) mass is 279 g/mol. The van der Waals surface area contributed by atoms with Crippen molar-refractivity contribution in [2.75, 3.05) is 32.1 Å². The molecule has 1 aliphatic heterocycles. The second-order valence-corrected chi connectivity index (χ2v) is 5.58. The molecule has 110 valence electrons. The molecule has 20 heavy (non-hydrogen) atoms. The predicted octanol–water partition coefficient (Wildman–Crippen LogP) is 2.41. The van der Waals surface area contributed by atoms with E-state index in [1.807, 2.05) is 0 Å². The van der Waals surface area contributed by atoms with Gasteiger partial charge in [0.05, 0.1) is 18.1 Å². The van der Waals surface area contributed by atoms with Crippen molar-refractivity contribution in [2.24, 2.45) is 5.41 Å². The Balaban J connectivity index is 2.10. The third-order valence-corrected chi connectivity index (χ3v) is 3.79. The van der Waals surface area contributed by atoms with E-state index in [1.165, 1.54) is 13.2 Å². The number of nitrogens with one attached hydrogen (secondary N) is 2. The van der Waals surface area contributed by atoms with Crippen molar-refractivity contribution in [2.45, 2.75) is 19.8 Å². The maximum atomic E-state index is 11.1. The first-order chi connectivity index (χ1) is 9.54. The molecule has 1 atom stereocenters. The van der Waals surface area contributed by atoms with E-state index in [9.17, 15) is 10.1 Å². The normalized spacial score (nSPS) is 22.3. The minimum Gasteiger partial charge on any atom is -0.496 e. The summed E-state index contributed by atoms with van der Waals surface area (Å²) in [4.78, 5) is 10.7. The molecule has 1 unspecified atom stereocenters. The van der Waals surface area contributed by atoms with E-state index in [4.69, 9.17) is 4.74 Å². The second-order valence-electron chi connectivity index (χ2n) is 5.58. The molecular weight excluding hydrogens is 258 g/mol. The summed E-state index contributed by atoms with van der Waals surface area (Å²) in [5, 5.41) is 17.7. The van der Waals surface area contributed by atoms with Crippen molar-refractivity contribution in [1.82, 2.24) is 5.32 Å². The van der Waals surface area contributed by atoms with Crippen LogP contribution in [0.4, 0.5) is 11.4 Å². The zero-order valence-electron chi connectivity index (χ0n) is 11.9. The summed E-state index contributed by atoms with van der Waals surface area (Å²) in [7, 11) is 1.50. The summed E-state index contributed by atoms with van der Waals surface area (Å²) in [5.41, 5.74) is 0.728. The number of anilines is 1. The molecule has 1 aromatic rings. The van der Waals surface area contributed by atoms with E-state index in [1.54, 1.807) is 12.1 Å². The zero-order chi connectivity index (χ0) is 14.6. The third-order valence-electron chi connectivity index (χ3n) is 3.79. The minimum atomic E-state index is -0.383. The van der Waals surface area contributed by atoms with Crippen LogP contribution in [0.3, 0.4) is 0 Å². The average molecular weight is 279 g/mol. The number of hydrogen-bond acceptors (Lipinski definition) is 5. The highest BCUT2D eigenvalue weighted by molar-refractivity contribution is 5.64. The molecule has 1 saturated heterocycles. The molecule has 1 fully saturated rings. The lowest BCUT2D eigenvalue weighted by Gasteiger charge is -2.34. The van der Waals surface area contributed by atoms with Crippen LogP contribution in [0, 0.1) is 15.5 Å². The van der Waals surface area contributed by atoms with Crippen LogP contribution in [0.15, 0.2) is 18.2 Å². The van der Waals surface area contributed by atoms with Crippen molar-refractivity contribution >= 4 is 11.4 Å². The fourth-order valence-electron chi connectivity index (χ4n) is 2.52. The van der Waals surface area contributed by atoms with E-state index < -0.39 is 0 Å². The number of methoxy groups -OCH3 is 1. The van der Waals surface area contributed by atoms with Gasteiger partial charge in [-0.3, -0.25) is 10.1 Å². The lowest BCUT2D eigenvalue weighted by Crippen LogP contribution is -2.42. The van der Waals surface area contributed by atoms with Crippen molar-refractivity contribution in [1.29, 1.82) is 0 Å². The number of nitrogens with zero attached hydrogens (tertiary/aromatic N) is 1. The first kappa shape index (κ1) is 14.6. The summed E-state index contributed by atoms with van der Waals surface area (Å²) in [6, 6.07) is 4.89. The molecule has 2 rings (SSSR count). The molecule has 0 bridgehead atoms. The Morgan fingerprint density at radius 1 is 1.55 bits per heavy atom. The quantitative estimate of drug-likeness (QED) is 0.639. The summed E-state index contributed by atoms with van der Waals surface area (Å²) in [5.74, 6) is 0.493. The van der Waals surface area contributed by atoms with Gasteiger partial charge in [0.2, 0.25) is 0 Å². The molecule has 1 aromatic carbocycles. The van der Waals surface area contributed by atoms with Crippen LogP contribution in [0.25, 0.3) is 0 Å². The summed E-state index contributed by atoms with van der Waals surface area (Å²) in [6.45, 7) is 4.90. The predicted molar refractivity (Wildman–Crippen MR) is 78.3 cm³/mol. The molecular formula is C14H21N3O3. The minimum absolute atomic E-state index is 0.0525. The Kier molecular flexibility index (Phi) is 4.44. The van der Waals surface area contributed by atoms with Gasteiger partial charge in [-0.1, -0.05) is 6.92 Å². The van der Waals surface area contributed by atoms with Gasteiger partial charge in [-0.15, -0.1) is 0 Å². The van der Waals surface area contributed by atoms with Crippen LogP contribution < -0.4 is 15.4 Å². The molecule has 0 aromatic heterocycles. The van der Waals surface area contributed by atoms with Gasteiger partial charge in [-0.25, -0.2) is 0 Å². The largest absolute Gasteiger partial charge is 0.496 e. The van der Waals surface area contributed by atoms with Crippen LogP contribution >= 0.6 is 0 Å². The highest BCUT2D eigenvalue weighted by atomic mass is 16.6. The number of ether oxygens (including phenoxy) is 1. The van der Waals surface area contributed by atoms with Crippen LogP contribution in [-0.2, 0) is 0 Å². The standard InChI is InChI=1S/C14H21N3O3/c1-14(6-3-7-15-9-14)10-16-12-5-4-11(20-2)8-13(12)17(18)19/h4-5,8,15-16H,3,6-7,9-10H2,1-2H3. The van der Waals surface area contributed by atoms with Gasteiger partial charge in [0.15, 0.2) is 0 Å². The van der Waals surface area contributed by atoms with Crippen molar-refractivity contribution in [3.8, 4) is 5.75 Å². The fourth-order valence-corrected chi connectivity index (χ4v) is 2.52. The van der Waals surface area contributed by atoms with Gasteiger partial charge >= 0.3 is 0 Å². The summed E-state index contributed by atoms with van der Waals surface area (Å²) in [6.07, 6.45) is 2.26. The SMILES string of the molecule is COc1ccc(NCC2(C)CCCNC2)c([N+](=O)[O-])c1. The number of hydrogen-bond donors (Lipinski definition) is 2. The Morgan fingerprint density at radius 2 is 2.35 bits per heavy atom. The second kappa shape index (κ2) is 6.09. The lowest BCUT2D eigenvalue weighted by atomic mass is 9.83. The molecule has 0 amide bonds. The lowest BCUT2D eigenvalue weighted by molar-refractivity contribution is -0.384. The number of nitro benzene ring substituents is 1. The van der Waals surface area contributed by atoms with Gasteiger partial charge in [-0.05, 0) is 36.9 Å². The molecule has 6 heteroatoms. The first-order valence-electron chi connectivity index (χ1n) is 6.81. The number of benzene rings is 1. The molecule has 0 radical (unpaired) electrons. The molecule has 6 nitrogen and oxygen atoms in total. The maximum absolute atomic E-state index is 11.1. The van der Waals surface area contributed by atoms with E-state index in [2.05, 4.69) is 17.6 Å². The van der Waals surface area contributed by atoms with E-state index in [0.29, 0.717) is 18.0 Å². The molecule has 2 N–H and O–H groups in total. The van der Waals surface area contributed by atoms with Crippen LogP contribution in [0.1, 0.15) is 19.8 Å². The van der Waals surface area contributed by atoms with Gasteiger partial charge in [0.1, 0.15) is 11.4 Å². The van der Waals surface area contributed by atoms with Crippen molar-refractivity contribution in [3.63, 3.8) is 0 Å². The van der Waals surface area contributed by atoms with Gasteiger partial charge in [0, 0.05) is 13.1 Å². The van der Waals surface area contributed by atoms with E-state index in [0.717, 1.165) is 25.9 Å². The Bertz CT molecular complexity index is 485. The smallest absolute Gasteiger partial charge is 0.296 e. The highest BCUT2D eigenvalue weighted by Gasteiger charge is 2.27. The molecule has 0 saturated carbocycles. The zero-order valence-corrected chi connectivity index (χ0v) is 11.9. The molecule has 0 aliphatic carbocycles. The maximum Gasteiger partial charge on any atom is 0.296 e. The number of nitro groups is 1. The highest BCUT2D eigenvalue weighted by Crippen LogP contribution is 2.31. The van der Waals surface area contributed by atoms with Crippen LogP contribution in [0.2, 0.25) is 0 Å². The third kappa shape index (κ3) is 3.39. The number of piperidine rings is 1. The fraction of sp³-hybridized carbons (Fsp3) is 0.571. The molecule has 1 heterocycles. The van der Waals surface area contributed by atoms with Gasteiger partial charge in [0.25, 0.3) is 5.69 Å². The molecule has 0 spiro atoms. The summed E-state index contributed by atoms with van der Waals surface area (Å²) < 4.78 is 5.03. The van der Waals surface area contributed by atoms with Crippen molar-refractivity contribution in [3.05, 3.63) is 28.3 Å². The van der Waals surface area contributed by atoms with E-state index >= 15 is 0 Å². The average Bonchev–Trinajstić information content (AvgIpc) is 2.45. The Labute approximate surface area is 118 Å². The summed E-state index contributed by atoms with van der Waals surface area (Å²) >= 11 is 0. The van der Waals surface area contributed by atoms with Gasteiger partial charge in [-0.2, -0.15) is 0 Å². The molecule has 1 aliphatic rings. The first-order valence-corrected chi connectivity index (χ1v) is 6.81. The van der Waals surface area contributed by atoms with E-state index in [-0.39, 0.29) is 16.0 Å². The van der Waals surface area contributed by atoms with Gasteiger partial charge < -0.3 is 15.4 Å². The van der Waals surface area contributed by atoms with Crippen LogP contribution in [-0.4, -0.2) is 31.7 Å². The Morgan fingerprint density at radius 3 is 2.95 bits per heavy atom.